The fourth-order valence-corrected chi connectivity index (χ4v) is 4.54. The Hall–Kier alpha value is -3.03. The van der Waals surface area contributed by atoms with Gasteiger partial charge in [0.1, 0.15) is 17.0 Å². The number of alkyl halides is 1. The molecular formula is C25H32FN5O2. The Morgan fingerprint density at radius 3 is 2.70 bits per heavy atom. The second-order valence-corrected chi connectivity index (χ2v) is 9.78. The smallest absolute Gasteiger partial charge is 0.255 e. The van der Waals surface area contributed by atoms with Crippen molar-refractivity contribution in [1.29, 1.82) is 5.41 Å². The number of nitrogens with one attached hydrogen (secondary N) is 1. The zero-order valence-electron chi connectivity index (χ0n) is 19.8. The van der Waals surface area contributed by atoms with Gasteiger partial charge in [-0.2, -0.15) is 0 Å². The molecule has 1 saturated heterocycles. The topological polar surface area (TPSA) is 82.3 Å². The number of pyridine rings is 2. The number of aryl methyl sites for hydroxylation is 1. The van der Waals surface area contributed by atoms with Crippen molar-refractivity contribution in [2.75, 3.05) is 24.5 Å². The second-order valence-electron chi connectivity index (χ2n) is 9.78. The Kier molecular flexibility index (Phi) is 6.12. The van der Waals surface area contributed by atoms with E-state index in [9.17, 15) is 14.0 Å². The van der Waals surface area contributed by atoms with Gasteiger partial charge in [-0.15, -0.1) is 0 Å². The summed E-state index contributed by atoms with van der Waals surface area (Å²) in [7, 11) is 0. The van der Waals surface area contributed by atoms with E-state index in [4.69, 9.17) is 5.41 Å². The zero-order valence-corrected chi connectivity index (χ0v) is 19.8. The Bertz CT molecular complexity index is 1140. The molecule has 33 heavy (non-hydrogen) atoms. The number of amides is 1. The first-order valence-electron chi connectivity index (χ1n) is 11.6. The maximum atomic E-state index is 14.5. The predicted molar refractivity (Wildman–Crippen MR) is 125 cm³/mol. The fourth-order valence-electron chi connectivity index (χ4n) is 4.54. The summed E-state index contributed by atoms with van der Waals surface area (Å²) in [4.78, 5) is 33.8. The molecule has 0 aromatic carbocycles. The van der Waals surface area contributed by atoms with E-state index < -0.39 is 5.67 Å². The average Bonchev–Trinajstić information content (AvgIpc) is 2.79. The molecule has 2 aromatic heterocycles. The van der Waals surface area contributed by atoms with Gasteiger partial charge in [-0.25, -0.2) is 9.37 Å². The number of hydrogen-bond acceptors (Lipinski definition) is 5. The number of likely N-dealkylation sites (tertiary alicyclic amines) is 1. The number of fused-ring (bicyclic) bond motifs is 1. The Balaban J connectivity index is 1.58. The normalized spacial score (nSPS) is 22.9. The first kappa shape index (κ1) is 23.1. The van der Waals surface area contributed by atoms with E-state index in [2.05, 4.69) is 4.98 Å². The molecule has 8 heteroatoms. The number of nitrogens with zero attached hydrogens (tertiary/aromatic N) is 4. The minimum absolute atomic E-state index is 0.105. The molecule has 2 aliphatic rings. The van der Waals surface area contributed by atoms with Crippen LogP contribution in [0, 0.1) is 17.2 Å². The summed E-state index contributed by atoms with van der Waals surface area (Å²) in [5.41, 5.74) is 1.20. The summed E-state index contributed by atoms with van der Waals surface area (Å²) in [6.45, 7) is 8.64. The number of carbonyl (C=O) groups excluding carboxylic acids is 2. The number of halogens is 1. The van der Waals surface area contributed by atoms with Crippen LogP contribution < -0.4 is 10.4 Å². The monoisotopic (exact) mass is 453 g/mol. The fraction of sp³-hybridized carbons (Fsp3) is 0.520. The summed E-state index contributed by atoms with van der Waals surface area (Å²) in [6.07, 6.45) is 5.28. The average molecular weight is 454 g/mol. The Labute approximate surface area is 193 Å². The summed E-state index contributed by atoms with van der Waals surface area (Å²) < 4.78 is 15.8. The van der Waals surface area contributed by atoms with Gasteiger partial charge < -0.3 is 9.80 Å². The molecule has 2 aliphatic heterocycles. The number of aromatic nitrogens is 2. The van der Waals surface area contributed by atoms with Crippen LogP contribution in [0.1, 0.15) is 61.3 Å². The third-order valence-electron chi connectivity index (χ3n) is 6.93. The van der Waals surface area contributed by atoms with Crippen LogP contribution >= 0.6 is 0 Å². The molecule has 1 fully saturated rings. The van der Waals surface area contributed by atoms with E-state index in [0.29, 0.717) is 25.1 Å². The van der Waals surface area contributed by atoms with Gasteiger partial charge in [-0.05, 0) is 43.9 Å². The van der Waals surface area contributed by atoms with Crippen molar-refractivity contribution < 1.29 is 14.0 Å². The molecule has 0 spiro atoms. The molecule has 4 rings (SSSR count). The highest BCUT2D eigenvalue weighted by Crippen LogP contribution is 2.34. The van der Waals surface area contributed by atoms with Crippen LogP contribution in [-0.4, -0.2) is 51.6 Å². The van der Waals surface area contributed by atoms with Crippen molar-refractivity contribution in [2.45, 2.75) is 52.6 Å². The van der Waals surface area contributed by atoms with Gasteiger partial charge in [0.25, 0.3) is 5.91 Å². The highest BCUT2D eigenvalue weighted by atomic mass is 19.1. The molecule has 1 N–H and O–H groups in total. The zero-order chi connectivity index (χ0) is 23.9. The molecule has 0 radical (unpaired) electrons. The van der Waals surface area contributed by atoms with E-state index in [1.807, 2.05) is 37.8 Å². The summed E-state index contributed by atoms with van der Waals surface area (Å²) >= 11 is 0. The lowest BCUT2D eigenvalue weighted by Crippen LogP contribution is -2.48. The van der Waals surface area contributed by atoms with Gasteiger partial charge in [-0.3, -0.25) is 19.6 Å². The van der Waals surface area contributed by atoms with Crippen LogP contribution in [-0.2, 0) is 6.42 Å². The van der Waals surface area contributed by atoms with E-state index in [-0.39, 0.29) is 29.1 Å². The first-order chi connectivity index (χ1) is 15.6. The van der Waals surface area contributed by atoms with Gasteiger partial charge in [0, 0.05) is 55.6 Å². The van der Waals surface area contributed by atoms with Gasteiger partial charge in [0.2, 0.25) is 5.91 Å². The van der Waals surface area contributed by atoms with Crippen molar-refractivity contribution in [3.05, 3.63) is 47.2 Å². The molecule has 7 nitrogen and oxygen atoms in total. The Morgan fingerprint density at radius 2 is 2.03 bits per heavy atom. The number of hydrogen-bond donors (Lipinski definition) is 1. The lowest BCUT2D eigenvalue weighted by molar-refractivity contribution is 0.0191. The number of piperidine rings is 1. The maximum Gasteiger partial charge on any atom is 0.255 e. The maximum absolute atomic E-state index is 14.5. The third-order valence-corrected chi connectivity index (χ3v) is 6.93. The highest BCUT2D eigenvalue weighted by molar-refractivity contribution is 5.94. The molecule has 0 aliphatic carbocycles. The van der Waals surface area contributed by atoms with Gasteiger partial charge in [0.05, 0.1) is 5.56 Å². The van der Waals surface area contributed by atoms with Crippen molar-refractivity contribution in [2.24, 2.45) is 11.8 Å². The summed E-state index contributed by atoms with van der Waals surface area (Å²) in [6, 6.07) is 5.41. The van der Waals surface area contributed by atoms with E-state index >= 15 is 0 Å². The van der Waals surface area contributed by atoms with Crippen LogP contribution in [0.4, 0.5) is 15.9 Å². The van der Waals surface area contributed by atoms with Crippen LogP contribution in [0.25, 0.3) is 0 Å². The van der Waals surface area contributed by atoms with Gasteiger partial charge >= 0.3 is 0 Å². The first-order valence-corrected chi connectivity index (χ1v) is 11.6. The summed E-state index contributed by atoms with van der Waals surface area (Å²) in [5.74, 6) is 0.144. The minimum Gasteiger partial charge on any atom is -0.338 e. The number of carbonyl (C=O) groups is 2. The van der Waals surface area contributed by atoms with Crippen LogP contribution in [0.5, 0.6) is 0 Å². The number of anilines is 2. The van der Waals surface area contributed by atoms with Crippen LogP contribution in [0.2, 0.25) is 0 Å². The molecule has 1 amide bonds. The largest absolute Gasteiger partial charge is 0.338 e. The van der Waals surface area contributed by atoms with Crippen LogP contribution in [0.3, 0.4) is 0 Å². The van der Waals surface area contributed by atoms with Gasteiger partial charge in [-0.1, -0.05) is 20.8 Å². The van der Waals surface area contributed by atoms with Crippen LogP contribution in [0.15, 0.2) is 30.6 Å². The van der Waals surface area contributed by atoms with Gasteiger partial charge in [0.15, 0.2) is 0 Å². The second kappa shape index (κ2) is 8.72. The standard InChI is InChI=1S/C25H32FN5O2/c1-16(2)23(32)31-10-7-20(13-21(31)27)30-9-5-6-18-12-19(14-28-22(18)30)24(33)29-11-8-25(4,26)17(3)15-29/h7,10,12-14,16-17,27H,5-6,8-9,11,15H2,1-4H3. The number of rotatable bonds is 3. The molecule has 2 aromatic rings. The third kappa shape index (κ3) is 4.43. The molecule has 4 heterocycles. The minimum atomic E-state index is -1.24. The lowest BCUT2D eigenvalue weighted by atomic mass is 9.85. The molecule has 2 atom stereocenters. The summed E-state index contributed by atoms with van der Waals surface area (Å²) in [5, 5.41) is 8.30. The lowest BCUT2D eigenvalue weighted by Gasteiger charge is -2.39. The van der Waals surface area contributed by atoms with Crippen molar-refractivity contribution >= 4 is 23.3 Å². The SMILES string of the molecule is CC(C)C(=O)n1ccc(N2CCCc3cc(C(=O)N4CCC(C)(F)C(C)C4)cnc32)cc1=N. The molecule has 176 valence electrons. The predicted octanol–water partition coefficient (Wildman–Crippen LogP) is 3.95. The molecule has 2 unspecified atom stereocenters. The molecular weight excluding hydrogens is 421 g/mol. The van der Waals surface area contributed by atoms with Crippen molar-refractivity contribution in [1.82, 2.24) is 14.5 Å². The highest BCUT2D eigenvalue weighted by Gasteiger charge is 2.38. The molecule has 0 bridgehead atoms. The Morgan fingerprint density at radius 1 is 1.27 bits per heavy atom. The van der Waals surface area contributed by atoms with Crippen molar-refractivity contribution in [3.8, 4) is 0 Å². The van der Waals surface area contributed by atoms with E-state index in [1.54, 1.807) is 30.3 Å². The van der Waals surface area contributed by atoms with Crippen molar-refractivity contribution in [3.63, 3.8) is 0 Å². The molecule has 0 saturated carbocycles. The van der Waals surface area contributed by atoms with E-state index in [1.165, 1.54) is 4.57 Å². The van der Waals surface area contributed by atoms with E-state index in [0.717, 1.165) is 36.5 Å². The quantitative estimate of drug-likeness (QED) is 0.763.